The third-order valence-electron chi connectivity index (χ3n) is 4.19. The summed E-state index contributed by atoms with van der Waals surface area (Å²) in [4.78, 5) is 12.2. The van der Waals surface area contributed by atoms with E-state index in [9.17, 15) is 4.79 Å². The molecule has 1 aliphatic rings. The second-order valence-electron chi connectivity index (χ2n) is 5.71. The van der Waals surface area contributed by atoms with E-state index in [1.54, 1.807) is 0 Å². The van der Waals surface area contributed by atoms with Crippen LogP contribution in [-0.2, 0) is 20.7 Å². The molecule has 1 heterocycles. The summed E-state index contributed by atoms with van der Waals surface area (Å²) in [5.74, 6) is -0.150. The van der Waals surface area contributed by atoms with Crippen molar-refractivity contribution in [2.24, 2.45) is 5.92 Å². The number of ether oxygens (including phenoxy) is 2. The number of aryl methyl sites for hydroxylation is 1. The third kappa shape index (κ3) is 4.57. The van der Waals surface area contributed by atoms with Crippen LogP contribution < -0.4 is 0 Å². The van der Waals surface area contributed by atoms with Crippen LogP contribution in [0.15, 0.2) is 30.3 Å². The van der Waals surface area contributed by atoms with E-state index in [0.717, 1.165) is 32.1 Å². The largest absolute Gasteiger partial charge is 0.465 e. The molecule has 3 nitrogen and oxygen atoms in total. The quantitative estimate of drug-likeness (QED) is 0.566. The van der Waals surface area contributed by atoms with Crippen molar-refractivity contribution in [3.63, 3.8) is 0 Å². The molecule has 0 spiro atoms. The smallest absolute Gasteiger partial charge is 0.311 e. The molecule has 21 heavy (non-hydrogen) atoms. The van der Waals surface area contributed by atoms with E-state index < -0.39 is 0 Å². The van der Waals surface area contributed by atoms with Crippen molar-refractivity contribution < 1.29 is 14.3 Å². The lowest BCUT2D eigenvalue weighted by molar-refractivity contribution is -0.150. The molecule has 3 heteroatoms. The zero-order valence-corrected chi connectivity index (χ0v) is 13.1. The summed E-state index contributed by atoms with van der Waals surface area (Å²) >= 11 is 0. The first-order valence-corrected chi connectivity index (χ1v) is 8.10. The Hall–Kier alpha value is -1.35. The van der Waals surface area contributed by atoms with Gasteiger partial charge in [0.1, 0.15) is 0 Å². The fourth-order valence-corrected chi connectivity index (χ4v) is 2.93. The number of benzene rings is 1. The van der Waals surface area contributed by atoms with Crippen LogP contribution in [0.2, 0.25) is 0 Å². The summed E-state index contributed by atoms with van der Waals surface area (Å²) in [7, 11) is 0. The van der Waals surface area contributed by atoms with Crippen molar-refractivity contribution in [2.45, 2.75) is 58.2 Å². The fraction of sp³-hybridized carbons (Fsp3) is 0.611. The molecule has 0 N–H and O–H groups in total. The van der Waals surface area contributed by atoms with Gasteiger partial charge in [0.25, 0.3) is 0 Å². The lowest BCUT2D eigenvalue weighted by Crippen LogP contribution is -2.26. The van der Waals surface area contributed by atoms with Gasteiger partial charge in [0.05, 0.1) is 24.7 Å². The highest BCUT2D eigenvalue weighted by Crippen LogP contribution is 2.31. The standard InChI is InChI=1S/C18H26O3/c1-3-15-13-16(17(4-2)21-15)18(19)20-12-8-11-14-9-6-5-7-10-14/h5-7,9-10,15-17H,3-4,8,11-13H2,1-2H3. The number of hydrogen-bond acceptors (Lipinski definition) is 3. The van der Waals surface area contributed by atoms with Crippen LogP contribution in [0, 0.1) is 5.92 Å². The molecule has 1 aromatic rings. The maximum Gasteiger partial charge on any atom is 0.311 e. The van der Waals surface area contributed by atoms with Crippen LogP contribution >= 0.6 is 0 Å². The van der Waals surface area contributed by atoms with Gasteiger partial charge in [-0.25, -0.2) is 0 Å². The third-order valence-corrected chi connectivity index (χ3v) is 4.19. The Bertz CT molecular complexity index is 429. The molecule has 1 aromatic carbocycles. The molecular formula is C18H26O3. The first-order chi connectivity index (χ1) is 10.2. The minimum atomic E-state index is -0.0779. The lowest BCUT2D eigenvalue weighted by Gasteiger charge is -2.15. The average Bonchev–Trinajstić information content (AvgIpc) is 2.96. The lowest BCUT2D eigenvalue weighted by atomic mass is 9.97. The van der Waals surface area contributed by atoms with Crippen LogP contribution in [0.25, 0.3) is 0 Å². The summed E-state index contributed by atoms with van der Waals surface area (Å²) in [5, 5.41) is 0. The van der Waals surface area contributed by atoms with Gasteiger partial charge < -0.3 is 9.47 Å². The molecule has 2 rings (SSSR count). The molecule has 0 saturated carbocycles. The molecule has 1 aliphatic heterocycles. The minimum Gasteiger partial charge on any atom is -0.465 e. The molecular weight excluding hydrogens is 264 g/mol. The topological polar surface area (TPSA) is 35.5 Å². The molecule has 1 saturated heterocycles. The maximum absolute atomic E-state index is 12.2. The van der Waals surface area contributed by atoms with E-state index in [1.807, 2.05) is 18.2 Å². The van der Waals surface area contributed by atoms with E-state index in [4.69, 9.17) is 9.47 Å². The van der Waals surface area contributed by atoms with Gasteiger partial charge in [-0.15, -0.1) is 0 Å². The van der Waals surface area contributed by atoms with Gasteiger partial charge in [-0.2, -0.15) is 0 Å². The molecule has 0 bridgehead atoms. The van der Waals surface area contributed by atoms with Crippen molar-refractivity contribution >= 4 is 5.97 Å². The molecule has 3 atom stereocenters. The average molecular weight is 290 g/mol. The molecule has 1 fully saturated rings. The Labute approximate surface area is 127 Å². The highest BCUT2D eigenvalue weighted by molar-refractivity contribution is 5.73. The van der Waals surface area contributed by atoms with Gasteiger partial charge in [-0.3, -0.25) is 4.79 Å². The second-order valence-corrected chi connectivity index (χ2v) is 5.71. The Kier molecular flexibility index (Phi) is 6.24. The summed E-state index contributed by atoms with van der Waals surface area (Å²) in [5.41, 5.74) is 1.29. The Morgan fingerprint density at radius 3 is 2.67 bits per heavy atom. The minimum absolute atomic E-state index is 0.0385. The fourth-order valence-electron chi connectivity index (χ4n) is 2.93. The first-order valence-electron chi connectivity index (χ1n) is 8.10. The predicted molar refractivity (Wildman–Crippen MR) is 83.1 cm³/mol. The molecule has 0 aromatic heterocycles. The Balaban J connectivity index is 1.71. The van der Waals surface area contributed by atoms with Crippen molar-refractivity contribution in [3.8, 4) is 0 Å². The Morgan fingerprint density at radius 1 is 1.24 bits per heavy atom. The van der Waals surface area contributed by atoms with Gasteiger partial charge in [-0.05, 0) is 37.7 Å². The molecule has 0 aliphatic carbocycles. The molecule has 3 unspecified atom stereocenters. The van der Waals surface area contributed by atoms with E-state index in [0.29, 0.717) is 6.61 Å². The van der Waals surface area contributed by atoms with Crippen molar-refractivity contribution in [1.29, 1.82) is 0 Å². The molecule has 0 amide bonds. The number of esters is 1. The second kappa shape index (κ2) is 8.18. The summed E-state index contributed by atoms with van der Waals surface area (Å²) < 4.78 is 11.3. The molecule has 116 valence electrons. The zero-order chi connectivity index (χ0) is 15.1. The molecule has 0 radical (unpaired) electrons. The van der Waals surface area contributed by atoms with Crippen LogP contribution in [0.5, 0.6) is 0 Å². The van der Waals surface area contributed by atoms with Gasteiger partial charge in [0.2, 0.25) is 0 Å². The van der Waals surface area contributed by atoms with Crippen LogP contribution in [0.3, 0.4) is 0 Å². The van der Waals surface area contributed by atoms with Gasteiger partial charge in [-0.1, -0.05) is 44.2 Å². The number of rotatable bonds is 7. The van der Waals surface area contributed by atoms with E-state index in [-0.39, 0.29) is 24.1 Å². The van der Waals surface area contributed by atoms with Crippen LogP contribution in [0.4, 0.5) is 0 Å². The first kappa shape index (κ1) is 16.0. The predicted octanol–water partition coefficient (Wildman–Crippen LogP) is 3.76. The maximum atomic E-state index is 12.2. The van der Waals surface area contributed by atoms with Gasteiger partial charge in [0.15, 0.2) is 0 Å². The number of hydrogen-bond donors (Lipinski definition) is 0. The highest BCUT2D eigenvalue weighted by Gasteiger charge is 2.38. The Morgan fingerprint density at radius 2 is 2.00 bits per heavy atom. The van der Waals surface area contributed by atoms with E-state index in [2.05, 4.69) is 26.0 Å². The summed E-state index contributed by atoms with van der Waals surface area (Å²) in [6.07, 6.45) is 4.73. The summed E-state index contributed by atoms with van der Waals surface area (Å²) in [6.45, 7) is 4.67. The van der Waals surface area contributed by atoms with Crippen molar-refractivity contribution in [3.05, 3.63) is 35.9 Å². The summed E-state index contributed by atoms with van der Waals surface area (Å²) in [6, 6.07) is 10.3. The van der Waals surface area contributed by atoms with E-state index in [1.165, 1.54) is 5.56 Å². The number of carbonyl (C=O) groups is 1. The van der Waals surface area contributed by atoms with Crippen molar-refractivity contribution in [1.82, 2.24) is 0 Å². The zero-order valence-electron chi connectivity index (χ0n) is 13.1. The van der Waals surface area contributed by atoms with E-state index >= 15 is 0 Å². The SMILES string of the molecule is CCC1CC(C(=O)OCCCc2ccccc2)C(CC)O1. The monoisotopic (exact) mass is 290 g/mol. The van der Waals surface area contributed by atoms with Crippen LogP contribution in [-0.4, -0.2) is 24.8 Å². The number of carbonyl (C=O) groups excluding carboxylic acids is 1. The highest BCUT2D eigenvalue weighted by atomic mass is 16.5. The van der Waals surface area contributed by atoms with Crippen LogP contribution in [0.1, 0.15) is 45.1 Å². The van der Waals surface area contributed by atoms with Gasteiger partial charge in [0, 0.05) is 0 Å². The van der Waals surface area contributed by atoms with Crippen molar-refractivity contribution in [2.75, 3.05) is 6.61 Å². The normalized spacial score (nSPS) is 25.0. The van der Waals surface area contributed by atoms with Gasteiger partial charge >= 0.3 is 5.97 Å².